The van der Waals surface area contributed by atoms with E-state index in [1.165, 1.54) is 0 Å². The van der Waals surface area contributed by atoms with Crippen molar-refractivity contribution >= 4 is 34.8 Å². The van der Waals surface area contributed by atoms with Crippen LogP contribution in [0.5, 0.6) is 5.75 Å². The lowest BCUT2D eigenvalue weighted by Gasteiger charge is -2.43. The molecule has 1 aliphatic rings. The molecule has 0 aromatic heterocycles. The van der Waals surface area contributed by atoms with Gasteiger partial charge in [0.25, 0.3) is 11.8 Å². The molecule has 0 N–H and O–H groups in total. The van der Waals surface area contributed by atoms with E-state index in [1.54, 1.807) is 43.5 Å². The number of methoxy groups -OCH3 is 1. The molecule has 1 aliphatic heterocycles. The number of hydrogen-bond acceptors (Lipinski definition) is 3. The van der Waals surface area contributed by atoms with Crippen LogP contribution in [0.4, 0.5) is 11.4 Å². The monoisotopic (exact) mass is 510 g/mol. The SMILES string of the molecule is COc1cccc(C(=O)N2c3ccccc3[C@@H](N(C(=O)c3ccc(Cl)cc3)c3ccccc3)C[C@H]2C)c1. The molecule has 186 valence electrons. The molecular formula is C31H27ClN2O3. The molecule has 37 heavy (non-hydrogen) atoms. The molecule has 0 unspecified atom stereocenters. The van der Waals surface area contributed by atoms with Gasteiger partial charge in [0.2, 0.25) is 0 Å². The number of para-hydroxylation sites is 2. The second-order valence-electron chi connectivity index (χ2n) is 9.08. The number of rotatable bonds is 5. The first kappa shape index (κ1) is 24.6. The molecule has 5 nitrogen and oxygen atoms in total. The van der Waals surface area contributed by atoms with Gasteiger partial charge in [-0.1, -0.05) is 54.1 Å². The van der Waals surface area contributed by atoms with Gasteiger partial charge in [-0.3, -0.25) is 9.59 Å². The summed E-state index contributed by atoms with van der Waals surface area (Å²) in [4.78, 5) is 31.4. The van der Waals surface area contributed by atoms with Crippen LogP contribution in [0.25, 0.3) is 0 Å². The van der Waals surface area contributed by atoms with Gasteiger partial charge in [0.05, 0.1) is 13.2 Å². The van der Waals surface area contributed by atoms with Crippen LogP contribution in [-0.4, -0.2) is 25.0 Å². The number of ether oxygens (including phenoxy) is 1. The molecule has 0 saturated heterocycles. The summed E-state index contributed by atoms with van der Waals surface area (Å²) in [7, 11) is 1.59. The minimum Gasteiger partial charge on any atom is -0.497 e. The maximum absolute atomic E-state index is 14.0. The number of benzene rings is 4. The Balaban J connectivity index is 1.59. The van der Waals surface area contributed by atoms with Crippen molar-refractivity contribution in [2.45, 2.75) is 25.4 Å². The van der Waals surface area contributed by atoms with Gasteiger partial charge in [0.1, 0.15) is 5.75 Å². The summed E-state index contributed by atoms with van der Waals surface area (Å²) in [6.45, 7) is 2.02. The van der Waals surface area contributed by atoms with Gasteiger partial charge >= 0.3 is 0 Å². The molecule has 0 fully saturated rings. The number of amides is 2. The van der Waals surface area contributed by atoms with Crippen molar-refractivity contribution in [1.82, 2.24) is 0 Å². The lowest BCUT2D eigenvalue weighted by atomic mass is 9.89. The molecule has 0 spiro atoms. The highest BCUT2D eigenvalue weighted by atomic mass is 35.5. The average molecular weight is 511 g/mol. The number of carbonyl (C=O) groups excluding carboxylic acids is 2. The third kappa shape index (κ3) is 4.83. The first-order valence-corrected chi connectivity index (χ1v) is 12.6. The molecule has 6 heteroatoms. The zero-order valence-electron chi connectivity index (χ0n) is 20.7. The average Bonchev–Trinajstić information content (AvgIpc) is 2.94. The van der Waals surface area contributed by atoms with E-state index < -0.39 is 0 Å². The molecule has 0 bridgehead atoms. The smallest absolute Gasteiger partial charge is 0.258 e. The number of nitrogens with zero attached hydrogens (tertiary/aromatic N) is 2. The molecule has 0 radical (unpaired) electrons. The van der Waals surface area contributed by atoms with Crippen molar-refractivity contribution in [2.75, 3.05) is 16.9 Å². The van der Waals surface area contributed by atoms with Gasteiger partial charge in [-0.25, -0.2) is 0 Å². The van der Waals surface area contributed by atoms with Crippen molar-refractivity contribution in [1.29, 1.82) is 0 Å². The number of hydrogen-bond donors (Lipinski definition) is 0. The predicted molar refractivity (Wildman–Crippen MR) is 148 cm³/mol. The summed E-state index contributed by atoms with van der Waals surface area (Å²) < 4.78 is 5.34. The molecule has 4 aromatic rings. The Morgan fingerprint density at radius 1 is 0.865 bits per heavy atom. The van der Waals surface area contributed by atoms with Crippen molar-refractivity contribution in [3.05, 3.63) is 125 Å². The number of fused-ring (bicyclic) bond motifs is 1. The number of halogens is 1. The maximum atomic E-state index is 14.0. The van der Waals surface area contributed by atoms with E-state index in [0.717, 1.165) is 16.9 Å². The first-order chi connectivity index (χ1) is 18.0. The lowest BCUT2D eigenvalue weighted by Crippen LogP contribution is -2.47. The lowest BCUT2D eigenvalue weighted by molar-refractivity contribution is 0.0965. The molecule has 4 aromatic carbocycles. The van der Waals surface area contributed by atoms with Gasteiger partial charge in [0.15, 0.2) is 0 Å². The van der Waals surface area contributed by atoms with E-state index >= 15 is 0 Å². The summed E-state index contributed by atoms with van der Waals surface area (Å²) >= 11 is 6.09. The Bertz CT molecular complexity index is 1420. The van der Waals surface area contributed by atoms with Crippen LogP contribution in [-0.2, 0) is 0 Å². The van der Waals surface area contributed by atoms with Crippen LogP contribution in [0, 0.1) is 0 Å². The molecule has 1 heterocycles. The summed E-state index contributed by atoms with van der Waals surface area (Å²) in [5.41, 5.74) is 3.61. The fourth-order valence-electron chi connectivity index (χ4n) is 4.99. The largest absolute Gasteiger partial charge is 0.497 e. The minimum atomic E-state index is -0.272. The van der Waals surface area contributed by atoms with Crippen molar-refractivity contribution in [3.8, 4) is 5.75 Å². The fraction of sp³-hybridized carbons (Fsp3) is 0.161. The third-order valence-electron chi connectivity index (χ3n) is 6.75. The summed E-state index contributed by atoms with van der Waals surface area (Å²) in [5.74, 6) is 0.403. The quantitative estimate of drug-likeness (QED) is 0.286. The standard InChI is InChI=1S/C31H27ClN2O3/c1-21-19-29(34(25-10-4-3-5-11-25)30(35)22-15-17-24(32)18-16-22)27-13-6-7-14-28(27)33(21)31(36)23-9-8-12-26(20-23)37-2/h3-18,20-21,29H,19H2,1-2H3/t21-,29+/m1/s1. The highest BCUT2D eigenvalue weighted by Gasteiger charge is 2.39. The van der Waals surface area contributed by atoms with Crippen molar-refractivity contribution in [2.24, 2.45) is 0 Å². The van der Waals surface area contributed by atoms with E-state index in [-0.39, 0.29) is 23.9 Å². The maximum Gasteiger partial charge on any atom is 0.258 e. The summed E-state index contributed by atoms with van der Waals surface area (Å²) in [5, 5.41) is 0.575. The Morgan fingerprint density at radius 3 is 2.30 bits per heavy atom. The molecule has 0 aliphatic carbocycles. The molecule has 0 saturated carbocycles. The van der Waals surface area contributed by atoms with Gasteiger partial charge < -0.3 is 14.5 Å². The minimum absolute atomic E-state index is 0.104. The third-order valence-corrected chi connectivity index (χ3v) is 7.00. The Labute approximate surface area is 221 Å². The van der Waals surface area contributed by atoms with Crippen LogP contribution in [0.1, 0.15) is 45.7 Å². The Kier molecular flexibility index (Phi) is 6.97. The summed E-state index contributed by atoms with van der Waals surface area (Å²) in [6, 6.07) is 31.2. The van der Waals surface area contributed by atoms with Gasteiger partial charge in [-0.15, -0.1) is 0 Å². The van der Waals surface area contributed by atoms with Crippen LogP contribution >= 0.6 is 11.6 Å². The van der Waals surface area contributed by atoms with E-state index in [0.29, 0.717) is 28.3 Å². The molecule has 2 atom stereocenters. The highest BCUT2D eigenvalue weighted by Crippen LogP contribution is 2.43. The Morgan fingerprint density at radius 2 is 1.57 bits per heavy atom. The topological polar surface area (TPSA) is 49.9 Å². The van der Waals surface area contributed by atoms with Crippen molar-refractivity contribution in [3.63, 3.8) is 0 Å². The molecule has 5 rings (SSSR count). The van der Waals surface area contributed by atoms with Gasteiger partial charge in [0, 0.05) is 33.6 Å². The summed E-state index contributed by atoms with van der Waals surface area (Å²) in [6.07, 6.45) is 0.570. The van der Waals surface area contributed by atoms with Crippen LogP contribution < -0.4 is 14.5 Å². The van der Waals surface area contributed by atoms with Gasteiger partial charge in [-0.2, -0.15) is 0 Å². The zero-order valence-corrected chi connectivity index (χ0v) is 21.4. The van der Waals surface area contributed by atoms with Crippen LogP contribution in [0.15, 0.2) is 103 Å². The first-order valence-electron chi connectivity index (χ1n) is 12.2. The van der Waals surface area contributed by atoms with Crippen molar-refractivity contribution < 1.29 is 14.3 Å². The normalized spacial score (nSPS) is 16.6. The van der Waals surface area contributed by atoms with E-state index in [1.807, 2.05) is 83.5 Å². The van der Waals surface area contributed by atoms with Gasteiger partial charge in [-0.05, 0) is 79.6 Å². The number of anilines is 2. The zero-order chi connectivity index (χ0) is 25.9. The Hall–Kier alpha value is -4.09. The second-order valence-corrected chi connectivity index (χ2v) is 9.52. The van der Waals surface area contributed by atoms with E-state index in [4.69, 9.17) is 16.3 Å². The molecule has 2 amide bonds. The van der Waals surface area contributed by atoms with E-state index in [2.05, 4.69) is 0 Å². The fourth-order valence-corrected chi connectivity index (χ4v) is 5.12. The molecular weight excluding hydrogens is 484 g/mol. The van der Waals surface area contributed by atoms with Crippen LogP contribution in [0.3, 0.4) is 0 Å². The number of carbonyl (C=O) groups is 2. The van der Waals surface area contributed by atoms with Crippen LogP contribution in [0.2, 0.25) is 5.02 Å². The van der Waals surface area contributed by atoms with E-state index in [9.17, 15) is 9.59 Å². The highest BCUT2D eigenvalue weighted by molar-refractivity contribution is 6.30. The predicted octanol–water partition coefficient (Wildman–Crippen LogP) is 7.18. The second kappa shape index (κ2) is 10.5.